The Morgan fingerprint density at radius 3 is 2.52 bits per heavy atom. The summed E-state index contributed by atoms with van der Waals surface area (Å²) in [6, 6.07) is 10.8. The molecule has 2 aromatic rings. The molecule has 2 N–H and O–H groups in total. The second kappa shape index (κ2) is 8.64. The van der Waals surface area contributed by atoms with Gasteiger partial charge in [-0.25, -0.2) is 17.1 Å². The van der Waals surface area contributed by atoms with E-state index in [0.717, 1.165) is 4.31 Å². The topological polar surface area (TPSA) is 70.7 Å². The summed E-state index contributed by atoms with van der Waals surface area (Å²) in [5.41, 5.74) is 1.23. The van der Waals surface area contributed by atoms with Crippen molar-refractivity contribution >= 4 is 33.0 Å². The van der Waals surface area contributed by atoms with E-state index in [1.54, 1.807) is 24.3 Å². The van der Waals surface area contributed by atoms with Crippen molar-refractivity contribution < 1.29 is 17.5 Å². The minimum absolute atomic E-state index is 0.158. The number of halogens is 1. The van der Waals surface area contributed by atoms with Gasteiger partial charge in [0.15, 0.2) is 16.7 Å². The van der Waals surface area contributed by atoms with Crippen LogP contribution in [0, 0.1) is 5.82 Å². The first-order valence-electron chi connectivity index (χ1n) is 8.08. The molecular formula is C18H22FN3O3S2. The third-order valence-corrected chi connectivity index (χ3v) is 5.92. The molecule has 0 heterocycles. The summed E-state index contributed by atoms with van der Waals surface area (Å²) in [4.78, 5) is 0.158. The molecule has 146 valence electrons. The summed E-state index contributed by atoms with van der Waals surface area (Å²) in [6.07, 6.45) is 0. The number of thiocarbonyl (C=S) groups is 1. The molecule has 0 saturated heterocycles. The molecule has 0 aliphatic heterocycles. The highest BCUT2D eigenvalue weighted by atomic mass is 32.2. The molecule has 6 nitrogen and oxygen atoms in total. The molecule has 1 atom stereocenters. The highest BCUT2D eigenvalue weighted by Gasteiger charge is 2.17. The first-order valence-corrected chi connectivity index (χ1v) is 9.93. The Morgan fingerprint density at radius 2 is 1.93 bits per heavy atom. The van der Waals surface area contributed by atoms with Crippen LogP contribution in [0.25, 0.3) is 0 Å². The molecule has 0 radical (unpaired) electrons. The fourth-order valence-electron chi connectivity index (χ4n) is 2.34. The van der Waals surface area contributed by atoms with Gasteiger partial charge in [0.05, 0.1) is 18.0 Å². The van der Waals surface area contributed by atoms with E-state index in [2.05, 4.69) is 10.6 Å². The van der Waals surface area contributed by atoms with Crippen LogP contribution >= 0.6 is 12.2 Å². The molecule has 0 unspecified atom stereocenters. The standard InChI is InChI=1S/C18H22FN3O3S2/c1-12(13-8-9-17(25-4)16(19)10-13)20-18(26)21-14-6-5-7-15(11-14)27(23,24)22(2)3/h5-12H,1-4H3,(H2,20,21,26)/t12-/m0/s1. The van der Waals surface area contributed by atoms with Crippen molar-refractivity contribution in [1.29, 1.82) is 0 Å². The Bertz CT molecular complexity index is 933. The highest BCUT2D eigenvalue weighted by molar-refractivity contribution is 7.89. The van der Waals surface area contributed by atoms with Gasteiger partial charge >= 0.3 is 0 Å². The van der Waals surface area contributed by atoms with Gasteiger partial charge in [-0.2, -0.15) is 0 Å². The average Bonchev–Trinajstić information content (AvgIpc) is 2.61. The smallest absolute Gasteiger partial charge is 0.242 e. The van der Waals surface area contributed by atoms with Crippen molar-refractivity contribution in [2.75, 3.05) is 26.5 Å². The number of methoxy groups -OCH3 is 1. The summed E-state index contributed by atoms with van der Waals surface area (Å²) in [7, 11) is 0.809. The first kappa shape index (κ1) is 21.1. The predicted molar refractivity (Wildman–Crippen MR) is 108 cm³/mol. The summed E-state index contributed by atoms with van der Waals surface area (Å²) < 4.78 is 44.3. The van der Waals surface area contributed by atoms with E-state index in [1.165, 1.54) is 39.4 Å². The van der Waals surface area contributed by atoms with Gasteiger partial charge in [0, 0.05) is 19.8 Å². The lowest BCUT2D eigenvalue weighted by Crippen LogP contribution is -2.31. The predicted octanol–water partition coefficient (Wildman–Crippen LogP) is 3.13. The van der Waals surface area contributed by atoms with Crippen LogP contribution in [0.2, 0.25) is 0 Å². The van der Waals surface area contributed by atoms with Crippen LogP contribution < -0.4 is 15.4 Å². The number of sulfonamides is 1. The molecule has 2 aromatic carbocycles. The fraction of sp³-hybridized carbons (Fsp3) is 0.278. The fourth-order valence-corrected chi connectivity index (χ4v) is 3.59. The third kappa shape index (κ3) is 5.15. The van der Waals surface area contributed by atoms with E-state index in [9.17, 15) is 12.8 Å². The van der Waals surface area contributed by atoms with Gasteiger partial charge in [-0.3, -0.25) is 0 Å². The lowest BCUT2D eigenvalue weighted by molar-refractivity contribution is 0.386. The molecule has 0 aromatic heterocycles. The molecule has 0 amide bonds. The first-order chi connectivity index (χ1) is 12.6. The van der Waals surface area contributed by atoms with Crippen LogP contribution in [0.5, 0.6) is 5.75 Å². The second-order valence-electron chi connectivity index (χ2n) is 6.03. The third-order valence-electron chi connectivity index (χ3n) is 3.89. The highest BCUT2D eigenvalue weighted by Crippen LogP contribution is 2.22. The van der Waals surface area contributed by atoms with Crippen LogP contribution in [0.15, 0.2) is 47.4 Å². The lowest BCUT2D eigenvalue weighted by atomic mass is 10.1. The van der Waals surface area contributed by atoms with E-state index >= 15 is 0 Å². The van der Waals surface area contributed by atoms with Gasteiger partial charge in [0.2, 0.25) is 10.0 Å². The van der Waals surface area contributed by atoms with Gasteiger partial charge < -0.3 is 15.4 Å². The van der Waals surface area contributed by atoms with Crippen LogP contribution in [-0.4, -0.2) is 39.0 Å². The molecule has 9 heteroatoms. The van der Waals surface area contributed by atoms with Crippen molar-refractivity contribution in [2.24, 2.45) is 0 Å². The molecule has 0 saturated carbocycles. The van der Waals surface area contributed by atoms with Crippen molar-refractivity contribution in [3.8, 4) is 5.75 Å². The summed E-state index contributed by atoms with van der Waals surface area (Å²) in [6.45, 7) is 1.84. The minimum atomic E-state index is -3.54. The number of hydrogen-bond donors (Lipinski definition) is 2. The molecular weight excluding hydrogens is 389 g/mol. The van der Waals surface area contributed by atoms with Crippen LogP contribution in [0.4, 0.5) is 10.1 Å². The summed E-state index contributed by atoms with van der Waals surface area (Å²) >= 11 is 5.28. The summed E-state index contributed by atoms with van der Waals surface area (Å²) in [5.74, 6) is -0.283. The SMILES string of the molecule is COc1ccc([C@H](C)NC(=S)Nc2cccc(S(=O)(=O)N(C)C)c2)cc1F. The molecule has 27 heavy (non-hydrogen) atoms. The van der Waals surface area contributed by atoms with Crippen molar-refractivity contribution in [2.45, 2.75) is 17.9 Å². The molecule has 2 rings (SSSR count). The number of hydrogen-bond acceptors (Lipinski definition) is 4. The van der Waals surface area contributed by atoms with Gasteiger partial charge in [0.25, 0.3) is 0 Å². The number of nitrogens with one attached hydrogen (secondary N) is 2. The molecule has 0 bridgehead atoms. The Morgan fingerprint density at radius 1 is 1.22 bits per heavy atom. The summed E-state index contributed by atoms with van der Waals surface area (Å²) in [5, 5.41) is 6.28. The number of benzene rings is 2. The zero-order valence-corrected chi connectivity index (χ0v) is 17.1. The zero-order valence-electron chi connectivity index (χ0n) is 15.5. The van der Waals surface area contributed by atoms with Gasteiger partial charge in [0.1, 0.15) is 0 Å². The second-order valence-corrected chi connectivity index (χ2v) is 8.59. The van der Waals surface area contributed by atoms with E-state index < -0.39 is 15.8 Å². The van der Waals surface area contributed by atoms with E-state index in [4.69, 9.17) is 17.0 Å². The quantitative estimate of drug-likeness (QED) is 0.712. The monoisotopic (exact) mass is 411 g/mol. The van der Waals surface area contributed by atoms with Crippen LogP contribution in [0.1, 0.15) is 18.5 Å². The van der Waals surface area contributed by atoms with E-state index in [0.29, 0.717) is 11.3 Å². The van der Waals surface area contributed by atoms with Gasteiger partial charge in [-0.1, -0.05) is 12.1 Å². The van der Waals surface area contributed by atoms with Crippen molar-refractivity contribution in [3.63, 3.8) is 0 Å². The zero-order chi connectivity index (χ0) is 20.2. The minimum Gasteiger partial charge on any atom is -0.494 e. The number of rotatable bonds is 6. The van der Waals surface area contributed by atoms with Crippen LogP contribution in [0.3, 0.4) is 0 Å². The lowest BCUT2D eigenvalue weighted by Gasteiger charge is -2.18. The Labute approximate surface area is 164 Å². The Hall–Kier alpha value is -2.23. The van der Waals surface area contributed by atoms with E-state index in [-0.39, 0.29) is 21.8 Å². The maximum Gasteiger partial charge on any atom is 0.242 e. The molecule has 0 aliphatic carbocycles. The van der Waals surface area contributed by atoms with Crippen LogP contribution in [-0.2, 0) is 10.0 Å². The van der Waals surface area contributed by atoms with Gasteiger partial charge in [-0.05, 0) is 55.0 Å². The maximum atomic E-state index is 13.9. The number of ether oxygens (including phenoxy) is 1. The largest absolute Gasteiger partial charge is 0.494 e. The van der Waals surface area contributed by atoms with Gasteiger partial charge in [-0.15, -0.1) is 0 Å². The maximum absolute atomic E-state index is 13.9. The van der Waals surface area contributed by atoms with E-state index in [1.807, 2.05) is 6.92 Å². The molecule has 0 fully saturated rings. The number of nitrogens with zero attached hydrogens (tertiary/aromatic N) is 1. The molecule has 0 spiro atoms. The van der Waals surface area contributed by atoms with Crippen molar-refractivity contribution in [3.05, 3.63) is 53.8 Å². The van der Waals surface area contributed by atoms with Crippen molar-refractivity contribution in [1.82, 2.24) is 9.62 Å². The Kier molecular flexibility index (Phi) is 6.74. The Balaban J connectivity index is 2.09. The molecule has 0 aliphatic rings. The average molecular weight is 412 g/mol. The normalized spacial score (nSPS) is 12.5. The number of anilines is 1.